The molecule has 282 valence electrons. The van der Waals surface area contributed by atoms with E-state index in [1.807, 2.05) is 0 Å². The first-order chi connectivity index (χ1) is 24.4. The molecule has 0 amide bonds. The van der Waals surface area contributed by atoms with Crippen LogP contribution in [-0.4, -0.2) is 61.8 Å². The lowest BCUT2D eigenvalue weighted by molar-refractivity contribution is -0.432. The summed E-state index contributed by atoms with van der Waals surface area (Å²) in [5.41, 5.74) is 0.426. The van der Waals surface area contributed by atoms with Gasteiger partial charge < -0.3 is 9.47 Å². The van der Waals surface area contributed by atoms with E-state index in [1.165, 1.54) is 50.4 Å². The summed E-state index contributed by atoms with van der Waals surface area (Å²) in [5.74, 6) is -1.73. The van der Waals surface area contributed by atoms with Gasteiger partial charge in [-0.3, -0.25) is 13.7 Å². The van der Waals surface area contributed by atoms with E-state index in [0.717, 1.165) is 24.3 Å². The van der Waals surface area contributed by atoms with Crippen LogP contribution in [0.5, 0.6) is 17.2 Å². The van der Waals surface area contributed by atoms with Crippen LogP contribution in [0.4, 0.5) is 0 Å². The number of ether oxygens (including phenoxy) is 2. The molecule has 0 saturated carbocycles. The highest BCUT2D eigenvalue weighted by atomic mass is 32.2. The van der Waals surface area contributed by atoms with Crippen LogP contribution < -0.4 is 9.47 Å². The molecule has 52 heavy (non-hydrogen) atoms. The molecule has 0 atom stereocenters. The van der Waals surface area contributed by atoms with Crippen molar-refractivity contribution in [3.8, 4) is 39.5 Å². The molecule has 26 heteroatoms. The Morgan fingerprint density at radius 1 is 0.519 bits per heavy atom. The van der Waals surface area contributed by atoms with Gasteiger partial charge in [0.05, 0.1) is 48.1 Å². The van der Waals surface area contributed by atoms with Gasteiger partial charge in [0.2, 0.25) is 0 Å². The number of hydrogen-bond acceptors (Lipinski definition) is 20. The molecule has 0 saturated heterocycles. The van der Waals surface area contributed by atoms with E-state index >= 15 is 0 Å². The van der Waals surface area contributed by atoms with Gasteiger partial charge in [-0.1, -0.05) is 27.2 Å². The third-order valence-electron chi connectivity index (χ3n) is 6.62. The van der Waals surface area contributed by atoms with Gasteiger partial charge in [0.15, 0.2) is 5.75 Å². The third-order valence-corrected chi connectivity index (χ3v) is 11.3. The lowest BCUT2D eigenvalue weighted by Crippen LogP contribution is -2.09. The fourth-order valence-electron chi connectivity index (χ4n) is 4.39. The topological polar surface area (TPSA) is 298 Å². The average Bonchev–Trinajstić information content (AvgIpc) is 3.08. The summed E-state index contributed by atoms with van der Waals surface area (Å²) in [6.45, 7) is 1.52. The minimum atomic E-state index is -5.39. The largest absolute Gasteiger partial charge is 0.495 e. The highest BCUT2D eigenvalue weighted by Crippen LogP contribution is 2.45. The zero-order valence-electron chi connectivity index (χ0n) is 25.6. The zero-order valence-corrected chi connectivity index (χ0v) is 30.5. The third kappa shape index (κ3) is 10.1. The Bertz CT molecular complexity index is 2200. The standard InChI is InChI=1S/C26H22O20S6/c1-13-20(47-44-41-27)8-16(9-21(13)48-45-42-28)17-11-24(51(33,34)35)26(25(12-17)52(36,37)38)40-18-5-3-14(7-22(18)49-46-43-29)15-4-6-19(39-2)23(10-15)50(30,31)32/h3-12,27-29H,1-2H3,(H,30,31,32)(H,33,34,35)(H,36,37,38). The van der Waals surface area contributed by atoms with Crippen LogP contribution in [0.3, 0.4) is 0 Å². The molecule has 0 aliphatic carbocycles. The molecule has 0 fully saturated rings. The smallest absolute Gasteiger partial charge is 0.298 e. The van der Waals surface area contributed by atoms with Gasteiger partial charge in [0.1, 0.15) is 26.2 Å². The molecule has 6 N–H and O–H groups in total. The van der Waals surface area contributed by atoms with Crippen molar-refractivity contribution in [1.82, 2.24) is 0 Å². The molecule has 4 aromatic carbocycles. The van der Waals surface area contributed by atoms with Crippen LogP contribution in [0.1, 0.15) is 5.56 Å². The first-order valence-corrected chi connectivity index (χ1v) is 19.7. The highest BCUT2D eigenvalue weighted by molar-refractivity contribution is 7.95. The average molecular weight is 847 g/mol. The van der Waals surface area contributed by atoms with E-state index < -0.39 is 56.5 Å². The molecule has 0 aliphatic heterocycles. The Morgan fingerprint density at radius 2 is 0.904 bits per heavy atom. The van der Waals surface area contributed by atoms with Crippen LogP contribution in [-0.2, 0) is 58.5 Å². The molecular formula is C26H22O20S6. The second-order valence-corrected chi connectivity index (χ2v) is 16.0. The molecule has 4 rings (SSSR count). The minimum absolute atomic E-state index is 0.0159. The lowest BCUT2D eigenvalue weighted by atomic mass is 10.0. The van der Waals surface area contributed by atoms with E-state index in [-0.39, 0.29) is 54.7 Å². The van der Waals surface area contributed by atoms with Gasteiger partial charge in [-0.2, -0.15) is 25.3 Å². The molecule has 0 aromatic heterocycles. The van der Waals surface area contributed by atoms with Crippen LogP contribution in [0.15, 0.2) is 90.0 Å². The maximum absolute atomic E-state index is 12.7. The second-order valence-electron chi connectivity index (χ2n) is 9.63. The number of methoxy groups -OCH3 is 1. The molecule has 4 aromatic rings. The minimum Gasteiger partial charge on any atom is -0.495 e. The monoisotopic (exact) mass is 846 g/mol. The van der Waals surface area contributed by atoms with E-state index in [2.05, 4.69) is 28.1 Å². The van der Waals surface area contributed by atoms with Gasteiger partial charge in [-0.25, -0.2) is 15.8 Å². The van der Waals surface area contributed by atoms with Crippen LogP contribution in [0.25, 0.3) is 22.3 Å². The van der Waals surface area contributed by atoms with Crippen LogP contribution in [0, 0.1) is 6.92 Å². The number of rotatable bonds is 17. The molecule has 20 nitrogen and oxygen atoms in total. The van der Waals surface area contributed by atoms with E-state index in [4.69, 9.17) is 25.2 Å². The second kappa shape index (κ2) is 17.4. The van der Waals surface area contributed by atoms with Crippen molar-refractivity contribution in [3.63, 3.8) is 0 Å². The Hall–Kier alpha value is -3.10. The van der Waals surface area contributed by atoms with Crippen molar-refractivity contribution < 1.29 is 92.3 Å². The molecular weight excluding hydrogens is 825 g/mol. The summed E-state index contributed by atoms with van der Waals surface area (Å²) >= 11 is 1.13. The van der Waals surface area contributed by atoms with Crippen molar-refractivity contribution in [3.05, 3.63) is 66.2 Å². The van der Waals surface area contributed by atoms with Gasteiger partial charge in [0, 0.05) is 9.79 Å². The summed E-state index contributed by atoms with van der Waals surface area (Å²) in [5, 5.41) is 36.9. The van der Waals surface area contributed by atoms with Crippen molar-refractivity contribution >= 4 is 66.5 Å². The van der Waals surface area contributed by atoms with E-state index in [9.17, 15) is 38.9 Å². The Labute approximate surface area is 306 Å². The van der Waals surface area contributed by atoms with Gasteiger partial charge >= 0.3 is 0 Å². The molecule has 0 aliphatic rings. The number of hydrogen-bond donors (Lipinski definition) is 6. The fourth-order valence-corrected chi connectivity index (χ4v) is 8.02. The fraction of sp³-hybridized carbons (Fsp3) is 0.0769. The number of benzene rings is 4. The Morgan fingerprint density at radius 3 is 1.35 bits per heavy atom. The molecule has 0 heterocycles. The quantitative estimate of drug-likeness (QED) is 0.0300. The van der Waals surface area contributed by atoms with Crippen molar-refractivity contribution in [2.45, 2.75) is 36.3 Å². The summed E-state index contributed by atoms with van der Waals surface area (Å²) in [6.07, 6.45) is 0. The SMILES string of the molecule is COc1ccc(-c2ccc(Oc3c(S(=O)(=O)O)cc(-c4cc(SOOO)c(C)c(SOOO)c4)cc3S(=O)(=O)O)c(SOOO)c2)cc1S(=O)(=O)O. The summed E-state index contributed by atoms with van der Waals surface area (Å²) < 4.78 is 129. The van der Waals surface area contributed by atoms with E-state index in [1.54, 1.807) is 0 Å². The zero-order chi connectivity index (χ0) is 38.4. The van der Waals surface area contributed by atoms with E-state index in [0.29, 0.717) is 29.6 Å². The summed E-state index contributed by atoms with van der Waals surface area (Å²) in [4.78, 5) is -2.84. The highest BCUT2D eigenvalue weighted by Gasteiger charge is 2.30. The maximum Gasteiger partial charge on any atom is 0.298 e. The Balaban J connectivity index is 1.94. The van der Waals surface area contributed by atoms with Gasteiger partial charge in [-0.05, 0) is 83.3 Å². The van der Waals surface area contributed by atoms with Crippen molar-refractivity contribution in [2.75, 3.05) is 7.11 Å². The van der Waals surface area contributed by atoms with Crippen molar-refractivity contribution in [1.29, 1.82) is 0 Å². The molecule has 0 spiro atoms. The van der Waals surface area contributed by atoms with Crippen LogP contribution >= 0.6 is 36.1 Å². The van der Waals surface area contributed by atoms with Gasteiger partial charge in [0.25, 0.3) is 30.4 Å². The van der Waals surface area contributed by atoms with Crippen molar-refractivity contribution in [2.24, 2.45) is 0 Å². The molecule has 0 unspecified atom stereocenters. The van der Waals surface area contributed by atoms with Crippen LogP contribution in [0.2, 0.25) is 0 Å². The first kappa shape index (κ1) is 41.7. The Kier molecular flexibility index (Phi) is 13.9. The summed E-state index contributed by atoms with van der Waals surface area (Å²) in [6, 6.07) is 11.5. The predicted molar refractivity (Wildman–Crippen MR) is 177 cm³/mol. The molecule has 0 radical (unpaired) electrons. The lowest BCUT2D eigenvalue weighted by Gasteiger charge is -2.18. The molecule has 0 bridgehead atoms. The van der Waals surface area contributed by atoms with Gasteiger partial charge in [-0.15, -0.1) is 13.0 Å². The maximum atomic E-state index is 12.7. The predicted octanol–water partition coefficient (Wildman–Crippen LogP) is 6.15. The summed E-state index contributed by atoms with van der Waals surface area (Å²) in [7, 11) is -14.4. The first-order valence-electron chi connectivity index (χ1n) is 13.1. The normalized spacial score (nSPS) is 12.2.